The summed E-state index contributed by atoms with van der Waals surface area (Å²) in [5.74, 6) is 0.507. The van der Waals surface area contributed by atoms with E-state index in [1.165, 1.54) is 6.20 Å². The van der Waals surface area contributed by atoms with Crippen molar-refractivity contribution in [1.82, 2.24) is 9.97 Å². The first kappa shape index (κ1) is 13.1. The Morgan fingerprint density at radius 1 is 1.28 bits per heavy atom. The third kappa shape index (κ3) is 2.72. The molecule has 0 saturated carbocycles. The van der Waals surface area contributed by atoms with Gasteiger partial charge in [0.15, 0.2) is 0 Å². The number of nitrogens with zero attached hydrogens (tertiary/aromatic N) is 1. The number of H-pyrrole nitrogens is 1. The Hall–Kier alpha value is -1.36. The van der Waals surface area contributed by atoms with Crippen molar-refractivity contribution in [3.8, 4) is 0 Å². The van der Waals surface area contributed by atoms with Crippen LogP contribution in [-0.4, -0.2) is 9.97 Å². The van der Waals surface area contributed by atoms with Crippen LogP contribution in [0, 0.1) is 0 Å². The average Bonchev–Trinajstić information content (AvgIpc) is 2.34. The molecule has 94 valence electrons. The number of halogens is 2. The third-order valence-electron chi connectivity index (χ3n) is 2.55. The van der Waals surface area contributed by atoms with E-state index >= 15 is 0 Å². The van der Waals surface area contributed by atoms with Crippen LogP contribution in [0.25, 0.3) is 0 Å². The maximum atomic E-state index is 11.6. The van der Waals surface area contributed by atoms with Crippen molar-refractivity contribution in [2.24, 2.45) is 5.73 Å². The van der Waals surface area contributed by atoms with Gasteiger partial charge in [-0.15, -0.1) is 0 Å². The van der Waals surface area contributed by atoms with E-state index in [1.54, 1.807) is 18.2 Å². The highest BCUT2D eigenvalue weighted by Crippen LogP contribution is 2.25. The predicted molar refractivity (Wildman–Crippen MR) is 72.0 cm³/mol. The van der Waals surface area contributed by atoms with Gasteiger partial charge in [0.1, 0.15) is 5.82 Å². The molecule has 1 heterocycles. The number of hydrogen-bond acceptors (Lipinski definition) is 3. The Labute approximate surface area is 114 Å². The van der Waals surface area contributed by atoms with Crippen LogP contribution in [0.5, 0.6) is 0 Å². The normalized spacial score (nSPS) is 10.6. The molecule has 0 aliphatic rings. The molecule has 0 bridgehead atoms. The van der Waals surface area contributed by atoms with Gasteiger partial charge in [0.2, 0.25) is 0 Å². The topological polar surface area (TPSA) is 71.8 Å². The van der Waals surface area contributed by atoms with Crippen molar-refractivity contribution in [2.75, 3.05) is 0 Å². The van der Waals surface area contributed by atoms with Crippen LogP contribution in [0.1, 0.15) is 17.0 Å². The summed E-state index contributed by atoms with van der Waals surface area (Å²) >= 11 is 12.1. The molecule has 0 aliphatic heterocycles. The van der Waals surface area contributed by atoms with Crippen LogP contribution in [0.4, 0.5) is 0 Å². The SMILES string of the molecule is NCc1cnc(Cc2c(Cl)cccc2Cl)[nH]c1=O. The van der Waals surface area contributed by atoms with Crippen LogP contribution in [0.3, 0.4) is 0 Å². The molecule has 3 N–H and O–H groups in total. The molecule has 18 heavy (non-hydrogen) atoms. The molecule has 0 spiro atoms. The number of rotatable bonds is 3. The van der Waals surface area contributed by atoms with E-state index in [-0.39, 0.29) is 12.1 Å². The first-order valence-corrected chi connectivity index (χ1v) is 6.07. The molecular weight excluding hydrogens is 273 g/mol. The zero-order valence-corrected chi connectivity index (χ0v) is 10.9. The van der Waals surface area contributed by atoms with Gasteiger partial charge in [-0.2, -0.15) is 0 Å². The minimum absolute atomic E-state index is 0.162. The van der Waals surface area contributed by atoms with Crippen molar-refractivity contribution in [1.29, 1.82) is 0 Å². The Bertz CT molecular complexity index is 605. The summed E-state index contributed by atoms with van der Waals surface area (Å²) in [4.78, 5) is 18.4. The molecule has 0 amide bonds. The van der Waals surface area contributed by atoms with Gasteiger partial charge in [0, 0.05) is 34.8 Å². The summed E-state index contributed by atoms with van der Waals surface area (Å²) in [7, 11) is 0. The number of aromatic nitrogens is 2. The number of benzene rings is 1. The van der Waals surface area contributed by atoms with E-state index in [2.05, 4.69) is 9.97 Å². The van der Waals surface area contributed by atoms with Gasteiger partial charge < -0.3 is 10.7 Å². The lowest BCUT2D eigenvalue weighted by atomic mass is 10.1. The van der Waals surface area contributed by atoms with Gasteiger partial charge in [-0.3, -0.25) is 4.79 Å². The van der Waals surface area contributed by atoms with Crippen LogP contribution >= 0.6 is 23.2 Å². The summed E-state index contributed by atoms with van der Waals surface area (Å²) in [5, 5.41) is 1.10. The average molecular weight is 284 g/mol. The summed E-state index contributed by atoms with van der Waals surface area (Å²) in [6.45, 7) is 0.162. The molecule has 0 aliphatic carbocycles. The fraction of sp³-hybridized carbons (Fsp3) is 0.167. The fourth-order valence-electron chi connectivity index (χ4n) is 1.56. The van der Waals surface area contributed by atoms with Crippen LogP contribution < -0.4 is 11.3 Å². The number of hydrogen-bond donors (Lipinski definition) is 2. The molecule has 1 aromatic carbocycles. The summed E-state index contributed by atoms with van der Waals surface area (Å²) < 4.78 is 0. The Kier molecular flexibility index (Phi) is 4.01. The molecule has 6 heteroatoms. The monoisotopic (exact) mass is 283 g/mol. The fourth-order valence-corrected chi connectivity index (χ4v) is 2.09. The Balaban J connectivity index is 2.35. The molecule has 0 saturated heterocycles. The zero-order valence-electron chi connectivity index (χ0n) is 9.41. The second-order valence-electron chi connectivity index (χ2n) is 3.77. The lowest BCUT2D eigenvalue weighted by molar-refractivity contribution is 0.898. The van der Waals surface area contributed by atoms with Crippen LogP contribution in [0.15, 0.2) is 29.2 Å². The largest absolute Gasteiger partial charge is 0.326 e. The second-order valence-corrected chi connectivity index (χ2v) is 4.58. The molecular formula is C12H11Cl2N3O. The molecule has 0 radical (unpaired) electrons. The summed E-state index contributed by atoms with van der Waals surface area (Å²) in [5.41, 5.74) is 6.36. The molecule has 0 fully saturated rings. The number of nitrogens with two attached hydrogens (primary N) is 1. The molecule has 2 rings (SSSR count). The smallest absolute Gasteiger partial charge is 0.255 e. The first-order chi connectivity index (χ1) is 8.61. The quantitative estimate of drug-likeness (QED) is 0.906. The summed E-state index contributed by atoms with van der Waals surface area (Å²) in [6.07, 6.45) is 1.84. The summed E-state index contributed by atoms with van der Waals surface area (Å²) in [6, 6.07) is 5.26. The maximum absolute atomic E-state index is 11.6. The van der Waals surface area contributed by atoms with Crippen molar-refractivity contribution < 1.29 is 0 Å². The molecule has 2 aromatic rings. The first-order valence-electron chi connectivity index (χ1n) is 5.32. The van der Waals surface area contributed by atoms with Crippen molar-refractivity contribution in [2.45, 2.75) is 13.0 Å². The Morgan fingerprint density at radius 3 is 2.50 bits per heavy atom. The van der Waals surface area contributed by atoms with Crippen molar-refractivity contribution in [3.63, 3.8) is 0 Å². The van der Waals surface area contributed by atoms with E-state index in [1.807, 2.05) is 0 Å². The lowest BCUT2D eigenvalue weighted by Gasteiger charge is -2.06. The highest BCUT2D eigenvalue weighted by atomic mass is 35.5. The van der Waals surface area contributed by atoms with Crippen LogP contribution in [0.2, 0.25) is 10.0 Å². The number of nitrogens with one attached hydrogen (secondary N) is 1. The predicted octanol–water partition coefficient (Wildman–Crippen LogP) is 2.13. The van der Waals surface area contributed by atoms with Crippen LogP contribution in [-0.2, 0) is 13.0 Å². The lowest BCUT2D eigenvalue weighted by Crippen LogP contribution is -2.19. The van der Waals surface area contributed by atoms with Gasteiger partial charge in [-0.05, 0) is 17.7 Å². The van der Waals surface area contributed by atoms with E-state index in [4.69, 9.17) is 28.9 Å². The maximum Gasteiger partial charge on any atom is 0.255 e. The Morgan fingerprint density at radius 2 is 1.94 bits per heavy atom. The standard InChI is InChI=1S/C12H11Cl2N3O/c13-9-2-1-3-10(14)8(9)4-11-16-6-7(5-15)12(18)17-11/h1-3,6H,4-5,15H2,(H,16,17,18). The molecule has 4 nitrogen and oxygen atoms in total. The minimum Gasteiger partial charge on any atom is -0.326 e. The van der Waals surface area contributed by atoms with Crippen molar-refractivity contribution in [3.05, 3.63) is 61.7 Å². The third-order valence-corrected chi connectivity index (χ3v) is 3.26. The van der Waals surface area contributed by atoms with Gasteiger partial charge in [0.25, 0.3) is 5.56 Å². The van der Waals surface area contributed by atoms with Gasteiger partial charge in [-0.25, -0.2) is 4.98 Å². The highest BCUT2D eigenvalue weighted by molar-refractivity contribution is 6.36. The molecule has 0 unspecified atom stereocenters. The van der Waals surface area contributed by atoms with Gasteiger partial charge in [0.05, 0.1) is 0 Å². The molecule has 0 atom stereocenters. The van der Waals surface area contributed by atoms with Gasteiger partial charge in [-0.1, -0.05) is 29.3 Å². The van der Waals surface area contributed by atoms with E-state index in [0.29, 0.717) is 27.9 Å². The highest BCUT2D eigenvalue weighted by Gasteiger charge is 2.08. The minimum atomic E-state index is -0.231. The molecule has 1 aromatic heterocycles. The van der Waals surface area contributed by atoms with E-state index in [0.717, 1.165) is 5.56 Å². The van der Waals surface area contributed by atoms with E-state index < -0.39 is 0 Å². The van der Waals surface area contributed by atoms with Crippen molar-refractivity contribution >= 4 is 23.2 Å². The van der Waals surface area contributed by atoms with Gasteiger partial charge >= 0.3 is 0 Å². The van der Waals surface area contributed by atoms with E-state index in [9.17, 15) is 4.79 Å². The number of aromatic amines is 1. The zero-order chi connectivity index (χ0) is 13.1. The second kappa shape index (κ2) is 5.52.